The van der Waals surface area contributed by atoms with Crippen LogP contribution in [0.4, 0.5) is 20.2 Å². The van der Waals surface area contributed by atoms with E-state index in [1.807, 2.05) is 0 Å². The Hall–Kier alpha value is -2.63. The number of fused-ring (bicyclic) bond motifs is 1. The van der Waals surface area contributed by atoms with Crippen molar-refractivity contribution in [2.75, 3.05) is 17.2 Å². The van der Waals surface area contributed by atoms with Crippen molar-refractivity contribution in [1.82, 2.24) is 0 Å². The zero-order valence-corrected chi connectivity index (χ0v) is 11.0. The molecule has 0 saturated heterocycles. The number of amides is 1. The Kier molecular flexibility index (Phi) is 3.21. The van der Waals surface area contributed by atoms with Crippen molar-refractivity contribution in [2.24, 2.45) is 0 Å². The summed E-state index contributed by atoms with van der Waals surface area (Å²) in [6.07, 6.45) is 0. The van der Waals surface area contributed by atoms with Crippen molar-refractivity contribution >= 4 is 17.3 Å². The second-order valence-electron chi connectivity index (χ2n) is 4.73. The van der Waals surface area contributed by atoms with Gasteiger partial charge in [0.05, 0.1) is 12.2 Å². The first-order valence-corrected chi connectivity index (χ1v) is 6.31. The summed E-state index contributed by atoms with van der Waals surface area (Å²) in [6.45, 7) is -0.134. The molecule has 0 aliphatic carbocycles. The zero-order chi connectivity index (χ0) is 15.0. The van der Waals surface area contributed by atoms with E-state index in [4.69, 9.17) is 10.5 Å². The van der Waals surface area contributed by atoms with Crippen LogP contribution < -0.4 is 15.4 Å². The number of ether oxygens (including phenoxy) is 1. The standard InChI is InChI=1S/C15H12F2N2O2/c16-10-2-1-9(12(17)5-10)7-19-13-6-11(18)3-4-14(13)21-8-15(19)20/h1-6H,7-8,18H2. The average molecular weight is 290 g/mol. The highest BCUT2D eigenvalue weighted by atomic mass is 19.1. The van der Waals surface area contributed by atoms with Crippen molar-refractivity contribution in [3.8, 4) is 5.75 Å². The third-order valence-corrected chi connectivity index (χ3v) is 3.27. The number of carbonyl (C=O) groups is 1. The molecule has 1 aliphatic rings. The van der Waals surface area contributed by atoms with Gasteiger partial charge in [-0.15, -0.1) is 0 Å². The Labute approximate surface area is 119 Å². The molecule has 1 heterocycles. The molecule has 0 saturated carbocycles. The highest BCUT2D eigenvalue weighted by molar-refractivity contribution is 5.98. The Morgan fingerprint density at radius 3 is 2.76 bits per heavy atom. The van der Waals surface area contributed by atoms with Gasteiger partial charge in [0, 0.05) is 17.3 Å². The van der Waals surface area contributed by atoms with Gasteiger partial charge >= 0.3 is 0 Å². The van der Waals surface area contributed by atoms with E-state index < -0.39 is 11.6 Å². The lowest BCUT2D eigenvalue weighted by molar-refractivity contribution is -0.121. The predicted molar refractivity (Wildman–Crippen MR) is 73.9 cm³/mol. The summed E-state index contributed by atoms with van der Waals surface area (Å²) in [5.74, 6) is -1.16. The number of hydrogen-bond donors (Lipinski definition) is 1. The number of nitrogen functional groups attached to an aromatic ring is 1. The first kappa shape index (κ1) is 13.4. The van der Waals surface area contributed by atoms with E-state index in [1.54, 1.807) is 18.2 Å². The van der Waals surface area contributed by atoms with Gasteiger partial charge in [-0.3, -0.25) is 4.79 Å². The van der Waals surface area contributed by atoms with Crippen molar-refractivity contribution < 1.29 is 18.3 Å². The Morgan fingerprint density at radius 2 is 2.00 bits per heavy atom. The molecule has 1 amide bonds. The van der Waals surface area contributed by atoms with Crippen LogP contribution in [0.15, 0.2) is 36.4 Å². The lowest BCUT2D eigenvalue weighted by Crippen LogP contribution is -2.38. The molecule has 1 aliphatic heterocycles. The SMILES string of the molecule is Nc1ccc2c(c1)N(Cc1ccc(F)cc1F)C(=O)CO2. The number of carbonyl (C=O) groups excluding carboxylic acids is 1. The molecule has 0 aromatic heterocycles. The van der Waals surface area contributed by atoms with Crippen LogP contribution in [0.25, 0.3) is 0 Å². The van der Waals surface area contributed by atoms with Crippen LogP contribution in [0.3, 0.4) is 0 Å². The zero-order valence-electron chi connectivity index (χ0n) is 11.0. The maximum absolute atomic E-state index is 13.8. The minimum Gasteiger partial charge on any atom is -0.482 e. The highest BCUT2D eigenvalue weighted by Crippen LogP contribution is 2.34. The van der Waals surface area contributed by atoms with Crippen molar-refractivity contribution in [3.63, 3.8) is 0 Å². The van der Waals surface area contributed by atoms with E-state index >= 15 is 0 Å². The van der Waals surface area contributed by atoms with Gasteiger partial charge in [0.2, 0.25) is 0 Å². The summed E-state index contributed by atoms with van der Waals surface area (Å²) in [5.41, 5.74) is 6.89. The van der Waals surface area contributed by atoms with Crippen LogP contribution in [0, 0.1) is 11.6 Å². The Balaban J connectivity index is 1.98. The minimum atomic E-state index is -0.695. The normalized spacial score (nSPS) is 13.8. The predicted octanol–water partition coefficient (Wildman–Crippen LogP) is 2.47. The summed E-state index contributed by atoms with van der Waals surface area (Å²) in [6, 6.07) is 8.17. The molecule has 4 nitrogen and oxygen atoms in total. The van der Waals surface area contributed by atoms with E-state index in [-0.39, 0.29) is 24.6 Å². The van der Waals surface area contributed by atoms with Gasteiger partial charge in [-0.05, 0) is 24.3 Å². The monoisotopic (exact) mass is 290 g/mol. The molecule has 21 heavy (non-hydrogen) atoms. The van der Waals surface area contributed by atoms with Gasteiger partial charge in [0.1, 0.15) is 17.4 Å². The maximum Gasteiger partial charge on any atom is 0.265 e. The van der Waals surface area contributed by atoms with E-state index in [1.165, 1.54) is 11.0 Å². The molecule has 0 unspecified atom stereocenters. The second kappa shape index (κ2) is 5.05. The lowest BCUT2D eigenvalue weighted by atomic mass is 10.1. The fraction of sp³-hybridized carbons (Fsp3) is 0.133. The molecular weight excluding hydrogens is 278 g/mol. The highest BCUT2D eigenvalue weighted by Gasteiger charge is 2.26. The first-order valence-electron chi connectivity index (χ1n) is 6.31. The number of nitrogens with two attached hydrogens (primary N) is 1. The fourth-order valence-corrected chi connectivity index (χ4v) is 2.21. The maximum atomic E-state index is 13.8. The van der Waals surface area contributed by atoms with Gasteiger partial charge in [-0.2, -0.15) is 0 Å². The van der Waals surface area contributed by atoms with Gasteiger partial charge in [-0.1, -0.05) is 6.07 Å². The van der Waals surface area contributed by atoms with E-state index in [9.17, 15) is 13.6 Å². The summed E-state index contributed by atoms with van der Waals surface area (Å²) >= 11 is 0. The molecule has 0 atom stereocenters. The molecule has 2 aromatic carbocycles. The molecule has 108 valence electrons. The Morgan fingerprint density at radius 1 is 1.19 bits per heavy atom. The van der Waals surface area contributed by atoms with Gasteiger partial charge < -0.3 is 15.4 Å². The van der Waals surface area contributed by atoms with Crippen LogP contribution in [0.1, 0.15) is 5.56 Å². The quantitative estimate of drug-likeness (QED) is 0.864. The number of hydrogen-bond acceptors (Lipinski definition) is 3. The van der Waals surface area contributed by atoms with Crippen LogP contribution >= 0.6 is 0 Å². The summed E-state index contributed by atoms with van der Waals surface area (Å²) in [7, 11) is 0. The molecule has 6 heteroatoms. The van der Waals surface area contributed by atoms with Crippen LogP contribution in [0.2, 0.25) is 0 Å². The first-order chi connectivity index (χ1) is 10.0. The number of rotatable bonds is 2. The van der Waals surface area contributed by atoms with Gasteiger partial charge in [-0.25, -0.2) is 8.78 Å². The van der Waals surface area contributed by atoms with Gasteiger partial charge in [0.25, 0.3) is 5.91 Å². The minimum absolute atomic E-state index is 0.00917. The second-order valence-corrected chi connectivity index (χ2v) is 4.73. The average Bonchev–Trinajstić information content (AvgIpc) is 2.44. The number of benzene rings is 2. The molecule has 0 fully saturated rings. The fourth-order valence-electron chi connectivity index (χ4n) is 2.21. The van der Waals surface area contributed by atoms with Crippen LogP contribution in [-0.2, 0) is 11.3 Å². The molecule has 0 spiro atoms. The van der Waals surface area contributed by atoms with Crippen LogP contribution in [-0.4, -0.2) is 12.5 Å². The van der Waals surface area contributed by atoms with E-state index in [2.05, 4.69) is 0 Å². The largest absolute Gasteiger partial charge is 0.482 e. The van der Waals surface area contributed by atoms with E-state index in [0.29, 0.717) is 17.1 Å². The number of halogens is 2. The topological polar surface area (TPSA) is 55.6 Å². The molecular formula is C15H12F2N2O2. The summed E-state index contributed by atoms with van der Waals surface area (Å²) in [4.78, 5) is 13.4. The molecule has 2 aromatic rings. The Bertz CT molecular complexity index is 719. The molecule has 2 N–H and O–H groups in total. The number of anilines is 2. The molecule has 0 bridgehead atoms. The van der Waals surface area contributed by atoms with Crippen molar-refractivity contribution in [1.29, 1.82) is 0 Å². The van der Waals surface area contributed by atoms with Crippen LogP contribution in [0.5, 0.6) is 5.75 Å². The number of nitrogens with zero attached hydrogens (tertiary/aromatic N) is 1. The van der Waals surface area contributed by atoms with Crippen molar-refractivity contribution in [2.45, 2.75) is 6.54 Å². The third kappa shape index (κ3) is 2.52. The lowest BCUT2D eigenvalue weighted by Gasteiger charge is -2.29. The summed E-state index contributed by atoms with van der Waals surface area (Å²) in [5, 5.41) is 0. The van der Waals surface area contributed by atoms with E-state index in [0.717, 1.165) is 12.1 Å². The summed E-state index contributed by atoms with van der Waals surface area (Å²) < 4.78 is 32.0. The third-order valence-electron chi connectivity index (χ3n) is 3.27. The van der Waals surface area contributed by atoms with Gasteiger partial charge in [0.15, 0.2) is 6.61 Å². The molecule has 0 radical (unpaired) electrons. The molecule has 3 rings (SSSR count). The van der Waals surface area contributed by atoms with Crippen molar-refractivity contribution in [3.05, 3.63) is 53.6 Å². The smallest absolute Gasteiger partial charge is 0.265 e.